The van der Waals surface area contributed by atoms with E-state index in [0.29, 0.717) is 17.1 Å². The van der Waals surface area contributed by atoms with Crippen LogP contribution in [-0.2, 0) is 9.59 Å². The molecule has 7 heteroatoms. The molecule has 0 unspecified atom stereocenters. The normalized spacial score (nSPS) is 10.9. The van der Waals surface area contributed by atoms with Crippen LogP contribution in [0.15, 0.2) is 42.5 Å². The summed E-state index contributed by atoms with van der Waals surface area (Å²) in [5, 5.41) is 5.13. The minimum Gasteiger partial charge on any atom is -0.497 e. The maximum Gasteiger partial charge on any atom is 0.239 e. The van der Waals surface area contributed by atoms with E-state index in [1.54, 1.807) is 24.3 Å². The van der Waals surface area contributed by atoms with Crippen molar-refractivity contribution in [3.8, 4) is 5.75 Å². The Morgan fingerprint density at radius 3 is 2.20 bits per heavy atom. The zero-order chi connectivity index (χ0) is 18.6. The van der Waals surface area contributed by atoms with Gasteiger partial charge in [0.1, 0.15) is 17.0 Å². The Labute approximate surface area is 150 Å². The van der Waals surface area contributed by atoms with E-state index in [9.17, 15) is 14.0 Å². The predicted molar refractivity (Wildman–Crippen MR) is 95.4 cm³/mol. The molecule has 0 saturated heterocycles. The number of rotatable bonds is 5. The van der Waals surface area contributed by atoms with Gasteiger partial charge in [-0.05, 0) is 44.2 Å². The molecule has 0 aliphatic carbocycles. The summed E-state index contributed by atoms with van der Waals surface area (Å²) in [6.45, 7) is 2.98. The molecule has 0 aliphatic heterocycles. The van der Waals surface area contributed by atoms with E-state index in [1.807, 2.05) is 0 Å². The van der Waals surface area contributed by atoms with Crippen molar-refractivity contribution in [2.45, 2.75) is 13.8 Å². The van der Waals surface area contributed by atoms with Gasteiger partial charge in [0, 0.05) is 17.4 Å². The molecule has 5 nitrogen and oxygen atoms in total. The van der Waals surface area contributed by atoms with Crippen LogP contribution in [0, 0.1) is 11.2 Å². The topological polar surface area (TPSA) is 67.4 Å². The van der Waals surface area contributed by atoms with Crippen molar-refractivity contribution in [1.29, 1.82) is 0 Å². The van der Waals surface area contributed by atoms with Gasteiger partial charge in [-0.2, -0.15) is 0 Å². The van der Waals surface area contributed by atoms with Gasteiger partial charge in [-0.3, -0.25) is 9.59 Å². The van der Waals surface area contributed by atoms with E-state index in [2.05, 4.69) is 10.6 Å². The maximum atomic E-state index is 13.2. The Balaban J connectivity index is 2.11. The highest BCUT2D eigenvalue weighted by atomic mass is 35.5. The number of ether oxygens (including phenoxy) is 1. The second-order valence-corrected chi connectivity index (χ2v) is 6.30. The van der Waals surface area contributed by atoms with Gasteiger partial charge in [0.05, 0.1) is 12.1 Å². The molecule has 2 amide bonds. The first-order valence-corrected chi connectivity index (χ1v) is 7.84. The number of methoxy groups -OCH3 is 1. The van der Waals surface area contributed by atoms with E-state index in [4.69, 9.17) is 16.3 Å². The minimum absolute atomic E-state index is 0.114. The Morgan fingerprint density at radius 2 is 1.64 bits per heavy atom. The minimum atomic E-state index is -1.37. The third kappa shape index (κ3) is 4.48. The molecular formula is C18H18ClFN2O3. The van der Waals surface area contributed by atoms with Gasteiger partial charge in [0.2, 0.25) is 11.8 Å². The molecule has 0 radical (unpaired) electrons. The molecule has 2 aromatic carbocycles. The summed E-state index contributed by atoms with van der Waals surface area (Å²) < 4.78 is 18.3. The lowest BCUT2D eigenvalue weighted by Crippen LogP contribution is -2.41. The van der Waals surface area contributed by atoms with Gasteiger partial charge < -0.3 is 15.4 Å². The highest BCUT2D eigenvalue weighted by Crippen LogP contribution is 2.25. The number of carbonyl (C=O) groups is 2. The predicted octanol–water partition coefficient (Wildman–Crippen LogP) is 4.09. The van der Waals surface area contributed by atoms with Gasteiger partial charge >= 0.3 is 0 Å². The van der Waals surface area contributed by atoms with Crippen molar-refractivity contribution in [3.63, 3.8) is 0 Å². The summed E-state index contributed by atoms with van der Waals surface area (Å²) >= 11 is 5.69. The number of anilines is 2. The van der Waals surface area contributed by atoms with Gasteiger partial charge in [-0.1, -0.05) is 17.7 Å². The van der Waals surface area contributed by atoms with Crippen LogP contribution in [0.25, 0.3) is 0 Å². The van der Waals surface area contributed by atoms with Crippen molar-refractivity contribution in [2.24, 2.45) is 5.41 Å². The first kappa shape index (κ1) is 18.7. The summed E-state index contributed by atoms with van der Waals surface area (Å²) in [4.78, 5) is 24.9. The number of halogens is 2. The number of hydrogen-bond acceptors (Lipinski definition) is 3. The zero-order valence-electron chi connectivity index (χ0n) is 14.0. The Bertz CT molecular complexity index is 809. The zero-order valence-corrected chi connectivity index (χ0v) is 14.8. The molecule has 0 bridgehead atoms. The fraction of sp³-hybridized carbons (Fsp3) is 0.222. The van der Waals surface area contributed by atoms with E-state index in [1.165, 1.54) is 33.1 Å². The third-order valence-corrected chi connectivity index (χ3v) is 3.93. The molecule has 2 N–H and O–H groups in total. The molecule has 0 fully saturated rings. The molecule has 2 rings (SSSR count). The Hall–Kier alpha value is -2.60. The molecular weight excluding hydrogens is 347 g/mol. The lowest BCUT2D eigenvalue weighted by molar-refractivity contribution is -0.135. The van der Waals surface area contributed by atoms with Crippen molar-refractivity contribution in [1.82, 2.24) is 0 Å². The standard InChI is InChI=1S/C18H18ClFN2O3/c1-18(2,16(23)21-11-5-4-6-13(9-11)25-3)17(24)22-12-7-8-15(20)14(19)10-12/h4-10H,1-3H3,(H,21,23)(H,22,24). The number of nitrogens with one attached hydrogen (secondary N) is 2. The first-order valence-electron chi connectivity index (χ1n) is 7.46. The first-order chi connectivity index (χ1) is 11.7. The average molecular weight is 365 g/mol. The second kappa shape index (κ2) is 7.53. The molecule has 132 valence electrons. The van der Waals surface area contributed by atoms with Gasteiger partial charge in [-0.15, -0.1) is 0 Å². The summed E-state index contributed by atoms with van der Waals surface area (Å²) in [5.41, 5.74) is -0.557. The van der Waals surface area contributed by atoms with Crippen molar-refractivity contribution < 1.29 is 18.7 Å². The van der Waals surface area contributed by atoms with Crippen molar-refractivity contribution in [3.05, 3.63) is 53.3 Å². The molecule has 0 saturated carbocycles. The molecule has 0 aliphatic rings. The summed E-state index contributed by atoms with van der Waals surface area (Å²) in [5.74, 6) is -1.04. The molecule has 0 spiro atoms. The quantitative estimate of drug-likeness (QED) is 0.785. The monoisotopic (exact) mass is 364 g/mol. The van der Waals surface area contributed by atoms with E-state index < -0.39 is 23.0 Å². The number of benzene rings is 2. The van der Waals surface area contributed by atoms with Crippen LogP contribution < -0.4 is 15.4 Å². The summed E-state index contributed by atoms with van der Waals surface area (Å²) in [6.07, 6.45) is 0. The molecule has 0 atom stereocenters. The number of hydrogen-bond donors (Lipinski definition) is 2. The van der Waals surface area contributed by atoms with Gasteiger partial charge in [0.25, 0.3) is 0 Å². The van der Waals surface area contributed by atoms with Gasteiger partial charge in [-0.25, -0.2) is 4.39 Å². The van der Waals surface area contributed by atoms with Crippen LogP contribution >= 0.6 is 11.6 Å². The smallest absolute Gasteiger partial charge is 0.239 e. The fourth-order valence-electron chi connectivity index (χ4n) is 1.95. The Morgan fingerprint density at radius 1 is 1.04 bits per heavy atom. The average Bonchev–Trinajstić information content (AvgIpc) is 2.58. The van der Waals surface area contributed by atoms with E-state index >= 15 is 0 Å². The van der Waals surface area contributed by atoms with Crippen molar-refractivity contribution in [2.75, 3.05) is 17.7 Å². The SMILES string of the molecule is COc1cccc(NC(=O)C(C)(C)C(=O)Nc2ccc(F)c(Cl)c2)c1. The van der Waals surface area contributed by atoms with Crippen LogP contribution in [0.2, 0.25) is 5.02 Å². The number of carbonyl (C=O) groups excluding carboxylic acids is 2. The number of amides is 2. The van der Waals surface area contributed by atoms with Crippen LogP contribution in [0.1, 0.15) is 13.8 Å². The Kier molecular flexibility index (Phi) is 5.64. The lowest BCUT2D eigenvalue weighted by Gasteiger charge is -2.23. The van der Waals surface area contributed by atoms with Crippen LogP contribution in [0.5, 0.6) is 5.75 Å². The van der Waals surface area contributed by atoms with E-state index in [-0.39, 0.29) is 5.02 Å². The fourth-order valence-corrected chi connectivity index (χ4v) is 2.13. The lowest BCUT2D eigenvalue weighted by atomic mass is 9.90. The van der Waals surface area contributed by atoms with Crippen LogP contribution in [0.3, 0.4) is 0 Å². The summed E-state index contributed by atoms with van der Waals surface area (Å²) in [7, 11) is 1.52. The third-order valence-electron chi connectivity index (χ3n) is 3.64. The molecule has 0 heterocycles. The van der Waals surface area contributed by atoms with Crippen LogP contribution in [-0.4, -0.2) is 18.9 Å². The second-order valence-electron chi connectivity index (χ2n) is 5.89. The van der Waals surface area contributed by atoms with E-state index in [0.717, 1.165) is 6.07 Å². The highest BCUT2D eigenvalue weighted by Gasteiger charge is 2.36. The largest absolute Gasteiger partial charge is 0.497 e. The molecule has 25 heavy (non-hydrogen) atoms. The molecule has 0 aromatic heterocycles. The summed E-state index contributed by atoms with van der Waals surface area (Å²) in [6, 6.07) is 10.6. The van der Waals surface area contributed by atoms with Crippen LogP contribution in [0.4, 0.5) is 15.8 Å². The molecule has 2 aromatic rings. The maximum absolute atomic E-state index is 13.2. The van der Waals surface area contributed by atoms with Crippen molar-refractivity contribution >= 4 is 34.8 Å². The highest BCUT2D eigenvalue weighted by molar-refractivity contribution is 6.31. The van der Waals surface area contributed by atoms with Gasteiger partial charge in [0.15, 0.2) is 0 Å².